The van der Waals surface area contributed by atoms with E-state index in [-0.39, 0.29) is 0 Å². The number of likely N-dealkylation sites (N-methyl/N-ethyl adjacent to an activating group) is 1. The summed E-state index contributed by atoms with van der Waals surface area (Å²) >= 11 is 0. The lowest BCUT2D eigenvalue weighted by Crippen LogP contribution is -2.37. The summed E-state index contributed by atoms with van der Waals surface area (Å²) in [6, 6.07) is 15.4. The Balaban J connectivity index is 1.57. The third-order valence-corrected chi connectivity index (χ3v) is 5.40. The second-order valence-electron chi connectivity index (χ2n) is 7.55. The number of benzene rings is 2. The highest BCUT2D eigenvalue weighted by atomic mass is 16.5. The van der Waals surface area contributed by atoms with E-state index in [1.807, 2.05) is 13.0 Å². The lowest BCUT2D eigenvalue weighted by atomic mass is 10.1. The average Bonchev–Trinajstić information content (AvgIpc) is 3.15. The van der Waals surface area contributed by atoms with Gasteiger partial charge in [-0.05, 0) is 63.0 Å². The predicted octanol–water partition coefficient (Wildman–Crippen LogP) is 4.55. The van der Waals surface area contributed by atoms with Crippen LogP contribution >= 0.6 is 0 Å². The molecular formula is C24H34N2O2. The number of ether oxygens (including phenoxy) is 2. The lowest BCUT2D eigenvalue weighted by molar-refractivity contribution is 0.259. The van der Waals surface area contributed by atoms with Crippen molar-refractivity contribution in [3.8, 4) is 11.5 Å². The Hall–Kier alpha value is -2.04. The minimum atomic E-state index is 0.549. The van der Waals surface area contributed by atoms with Crippen molar-refractivity contribution in [1.29, 1.82) is 0 Å². The van der Waals surface area contributed by atoms with E-state index in [0.717, 1.165) is 31.1 Å². The molecule has 2 aromatic rings. The lowest BCUT2D eigenvalue weighted by Gasteiger charge is -2.23. The molecule has 0 aliphatic carbocycles. The zero-order valence-electron chi connectivity index (χ0n) is 17.5. The second-order valence-corrected chi connectivity index (χ2v) is 7.55. The van der Waals surface area contributed by atoms with Crippen LogP contribution in [0, 0.1) is 6.92 Å². The SMILES string of the molecule is CCOc1cc(CNC[C@H]2CCCN2CC)ccc1OCc1cccc(C)c1. The van der Waals surface area contributed by atoms with Crippen LogP contribution in [0.4, 0.5) is 0 Å². The molecule has 0 saturated carbocycles. The van der Waals surface area contributed by atoms with Gasteiger partial charge in [-0.2, -0.15) is 0 Å². The van der Waals surface area contributed by atoms with Gasteiger partial charge in [-0.25, -0.2) is 0 Å². The number of hydrogen-bond acceptors (Lipinski definition) is 4. The van der Waals surface area contributed by atoms with Crippen LogP contribution in [-0.2, 0) is 13.2 Å². The van der Waals surface area contributed by atoms with Gasteiger partial charge in [0, 0.05) is 19.1 Å². The first-order valence-corrected chi connectivity index (χ1v) is 10.6. The van der Waals surface area contributed by atoms with Crippen molar-refractivity contribution in [2.75, 3.05) is 26.2 Å². The van der Waals surface area contributed by atoms with E-state index in [1.165, 1.54) is 36.1 Å². The number of nitrogens with zero attached hydrogens (tertiary/aromatic N) is 1. The van der Waals surface area contributed by atoms with Crippen LogP contribution < -0.4 is 14.8 Å². The molecule has 1 atom stereocenters. The van der Waals surface area contributed by atoms with Crippen LogP contribution in [0.3, 0.4) is 0 Å². The highest BCUT2D eigenvalue weighted by Gasteiger charge is 2.22. The third-order valence-electron chi connectivity index (χ3n) is 5.40. The molecule has 1 heterocycles. The van der Waals surface area contributed by atoms with Crippen LogP contribution in [-0.4, -0.2) is 37.2 Å². The molecule has 1 aliphatic heterocycles. The molecule has 0 bridgehead atoms. The molecule has 0 radical (unpaired) electrons. The van der Waals surface area contributed by atoms with Gasteiger partial charge >= 0.3 is 0 Å². The Morgan fingerprint density at radius 2 is 1.93 bits per heavy atom. The molecule has 152 valence electrons. The summed E-state index contributed by atoms with van der Waals surface area (Å²) in [5.74, 6) is 1.63. The smallest absolute Gasteiger partial charge is 0.161 e. The van der Waals surface area contributed by atoms with E-state index in [4.69, 9.17) is 9.47 Å². The Morgan fingerprint density at radius 3 is 2.71 bits per heavy atom. The van der Waals surface area contributed by atoms with Gasteiger partial charge in [-0.15, -0.1) is 0 Å². The van der Waals surface area contributed by atoms with Crippen LogP contribution in [0.15, 0.2) is 42.5 Å². The topological polar surface area (TPSA) is 33.7 Å². The molecule has 4 heteroatoms. The maximum Gasteiger partial charge on any atom is 0.161 e. The van der Waals surface area contributed by atoms with Crippen molar-refractivity contribution in [3.63, 3.8) is 0 Å². The monoisotopic (exact) mass is 382 g/mol. The second kappa shape index (κ2) is 10.5. The molecule has 0 spiro atoms. The van der Waals surface area contributed by atoms with E-state index in [1.54, 1.807) is 0 Å². The summed E-state index contributed by atoms with van der Waals surface area (Å²) in [5, 5.41) is 3.62. The maximum absolute atomic E-state index is 6.05. The molecule has 28 heavy (non-hydrogen) atoms. The van der Waals surface area contributed by atoms with Gasteiger partial charge in [0.15, 0.2) is 11.5 Å². The Labute approximate surface area is 169 Å². The third kappa shape index (κ3) is 5.73. The molecule has 1 N–H and O–H groups in total. The number of aryl methyl sites for hydroxylation is 1. The molecule has 4 nitrogen and oxygen atoms in total. The molecule has 0 aromatic heterocycles. The Bertz CT molecular complexity index is 747. The fraction of sp³-hybridized carbons (Fsp3) is 0.500. The normalized spacial score (nSPS) is 17.0. The van der Waals surface area contributed by atoms with Gasteiger partial charge in [0.05, 0.1) is 6.61 Å². The first-order valence-electron chi connectivity index (χ1n) is 10.6. The molecular weight excluding hydrogens is 348 g/mol. The fourth-order valence-electron chi connectivity index (χ4n) is 3.94. The summed E-state index contributed by atoms with van der Waals surface area (Å²) in [4.78, 5) is 2.57. The summed E-state index contributed by atoms with van der Waals surface area (Å²) in [7, 11) is 0. The van der Waals surface area contributed by atoms with Crippen LogP contribution in [0.25, 0.3) is 0 Å². The fourth-order valence-corrected chi connectivity index (χ4v) is 3.94. The number of likely N-dealkylation sites (tertiary alicyclic amines) is 1. The minimum Gasteiger partial charge on any atom is -0.490 e. The van der Waals surface area contributed by atoms with Crippen LogP contribution in [0.5, 0.6) is 11.5 Å². The van der Waals surface area contributed by atoms with Crippen LogP contribution in [0.1, 0.15) is 43.4 Å². The molecule has 0 amide bonds. The molecule has 1 fully saturated rings. The summed E-state index contributed by atoms with van der Waals surface area (Å²) in [6.45, 7) is 11.8. The van der Waals surface area contributed by atoms with Gasteiger partial charge in [0.2, 0.25) is 0 Å². The summed E-state index contributed by atoms with van der Waals surface area (Å²) < 4.78 is 11.9. The zero-order valence-corrected chi connectivity index (χ0v) is 17.5. The molecule has 2 aromatic carbocycles. The minimum absolute atomic E-state index is 0.549. The standard InChI is InChI=1S/C24H34N2O2/c1-4-26-13-7-10-22(26)17-25-16-20-11-12-23(24(15-20)27-5-2)28-18-21-9-6-8-19(3)14-21/h6,8-9,11-12,14-15,22,25H,4-5,7,10,13,16-18H2,1-3H3/t22-/m1/s1. The Morgan fingerprint density at radius 1 is 1.04 bits per heavy atom. The van der Waals surface area contributed by atoms with E-state index >= 15 is 0 Å². The average molecular weight is 383 g/mol. The number of nitrogens with one attached hydrogen (secondary N) is 1. The van der Waals surface area contributed by atoms with E-state index < -0.39 is 0 Å². The molecule has 0 unspecified atom stereocenters. The molecule has 1 aliphatic rings. The zero-order chi connectivity index (χ0) is 19.8. The van der Waals surface area contributed by atoms with E-state index in [9.17, 15) is 0 Å². The maximum atomic E-state index is 6.05. The van der Waals surface area contributed by atoms with Crippen LogP contribution in [0.2, 0.25) is 0 Å². The molecule has 1 saturated heterocycles. The van der Waals surface area contributed by atoms with Gasteiger partial charge in [0.1, 0.15) is 6.61 Å². The van der Waals surface area contributed by atoms with Crippen molar-refractivity contribution in [3.05, 3.63) is 59.2 Å². The first-order chi connectivity index (χ1) is 13.7. The van der Waals surface area contributed by atoms with E-state index in [0.29, 0.717) is 19.3 Å². The first kappa shape index (κ1) is 20.7. The van der Waals surface area contributed by atoms with Crippen molar-refractivity contribution in [1.82, 2.24) is 10.2 Å². The van der Waals surface area contributed by atoms with Gasteiger partial charge < -0.3 is 14.8 Å². The highest BCUT2D eigenvalue weighted by molar-refractivity contribution is 5.43. The largest absolute Gasteiger partial charge is 0.490 e. The number of rotatable bonds is 10. The van der Waals surface area contributed by atoms with Gasteiger partial charge in [-0.3, -0.25) is 4.90 Å². The highest BCUT2D eigenvalue weighted by Crippen LogP contribution is 2.29. The number of hydrogen-bond donors (Lipinski definition) is 1. The predicted molar refractivity (Wildman–Crippen MR) is 115 cm³/mol. The molecule has 3 rings (SSSR count). The van der Waals surface area contributed by atoms with Crippen molar-refractivity contribution in [2.24, 2.45) is 0 Å². The van der Waals surface area contributed by atoms with E-state index in [2.05, 4.69) is 60.5 Å². The van der Waals surface area contributed by atoms with Gasteiger partial charge in [-0.1, -0.05) is 42.8 Å². The quantitative estimate of drug-likeness (QED) is 0.654. The van der Waals surface area contributed by atoms with Crippen molar-refractivity contribution < 1.29 is 9.47 Å². The van der Waals surface area contributed by atoms with Crippen molar-refractivity contribution in [2.45, 2.75) is 52.8 Å². The summed E-state index contributed by atoms with van der Waals surface area (Å²) in [6.07, 6.45) is 2.62. The summed E-state index contributed by atoms with van der Waals surface area (Å²) in [5.41, 5.74) is 3.65. The van der Waals surface area contributed by atoms with Crippen molar-refractivity contribution >= 4 is 0 Å². The van der Waals surface area contributed by atoms with Gasteiger partial charge in [0.25, 0.3) is 0 Å². The Kier molecular flexibility index (Phi) is 7.75.